The third-order valence-corrected chi connectivity index (χ3v) is 5.29. The number of ether oxygens (including phenoxy) is 2. The molecule has 1 amide bonds. The molecule has 0 aliphatic carbocycles. The average molecular weight is 450 g/mol. The van der Waals surface area contributed by atoms with E-state index in [1.807, 2.05) is 37.3 Å². The number of aliphatic carboxylic acids is 1. The molecule has 0 saturated heterocycles. The number of nitrogens with one attached hydrogen (secondary N) is 1. The second-order valence-electron chi connectivity index (χ2n) is 7.63. The van der Waals surface area contributed by atoms with Gasteiger partial charge < -0.3 is 19.7 Å². The summed E-state index contributed by atoms with van der Waals surface area (Å²) in [7, 11) is 1.52. The van der Waals surface area contributed by atoms with Gasteiger partial charge in [-0.3, -0.25) is 5.32 Å². The minimum absolute atomic E-state index is 0.121. The van der Waals surface area contributed by atoms with Gasteiger partial charge in [-0.25, -0.2) is 9.59 Å². The maximum absolute atomic E-state index is 12.8. The zero-order valence-corrected chi connectivity index (χ0v) is 18.5. The first-order chi connectivity index (χ1) is 15.9. The van der Waals surface area contributed by atoms with Crippen LogP contribution in [0, 0.1) is 6.92 Å². The van der Waals surface area contributed by atoms with Crippen molar-refractivity contribution in [3.8, 4) is 5.75 Å². The standard InChI is InChI=1S/C26H27NO6/c1-17-11-13-18(14-12-17)27-26(31)33-25(23(32-2)9-5-6-10-24(29)30)21-15-16-22(28)20-8-4-3-7-19(20)21/h3-4,6-8,10-16,23,25,28H,5,9H2,1-2H3,(H,27,31)(H,29,30)/b10-6+/t23-,25-/m0/s1. The molecule has 0 fully saturated rings. The lowest BCUT2D eigenvalue weighted by Crippen LogP contribution is -2.28. The number of carboxylic acid groups (broad SMARTS) is 1. The van der Waals surface area contributed by atoms with E-state index < -0.39 is 24.3 Å². The summed E-state index contributed by atoms with van der Waals surface area (Å²) in [5, 5.41) is 23.2. The van der Waals surface area contributed by atoms with Gasteiger partial charge in [0.15, 0.2) is 6.10 Å². The van der Waals surface area contributed by atoms with Crippen LogP contribution in [0.2, 0.25) is 0 Å². The minimum Gasteiger partial charge on any atom is -0.507 e. The lowest BCUT2D eigenvalue weighted by atomic mass is 9.94. The van der Waals surface area contributed by atoms with Crippen molar-refractivity contribution >= 4 is 28.5 Å². The second-order valence-corrected chi connectivity index (χ2v) is 7.63. The molecule has 0 aromatic heterocycles. The maximum atomic E-state index is 12.8. The number of carbonyl (C=O) groups is 2. The molecule has 0 aliphatic heterocycles. The fraction of sp³-hybridized carbons (Fsp3) is 0.231. The molecule has 3 rings (SSSR count). The van der Waals surface area contributed by atoms with Gasteiger partial charge >= 0.3 is 12.1 Å². The predicted molar refractivity (Wildman–Crippen MR) is 126 cm³/mol. The number of fused-ring (bicyclic) bond motifs is 1. The number of phenolic OH excluding ortho intramolecular Hbond substituents is 1. The van der Waals surface area contributed by atoms with Gasteiger partial charge in [-0.2, -0.15) is 0 Å². The maximum Gasteiger partial charge on any atom is 0.412 e. The molecule has 33 heavy (non-hydrogen) atoms. The number of anilines is 1. The Morgan fingerprint density at radius 3 is 2.39 bits per heavy atom. The fourth-order valence-corrected chi connectivity index (χ4v) is 3.63. The van der Waals surface area contributed by atoms with Crippen molar-refractivity contribution < 1.29 is 29.3 Å². The molecular formula is C26H27NO6. The summed E-state index contributed by atoms with van der Waals surface area (Å²) in [6.07, 6.45) is 1.43. The quantitative estimate of drug-likeness (QED) is 0.368. The van der Waals surface area contributed by atoms with E-state index in [9.17, 15) is 14.7 Å². The van der Waals surface area contributed by atoms with Crippen molar-refractivity contribution in [3.05, 3.63) is 83.9 Å². The van der Waals surface area contributed by atoms with E-state index in [0.717, 1.165) is 17.0 Å². The number of hydrogen-bond acceptors (Lipinski definition) is 5. The molecule has 7 heteroatoms. The van der Waals surface area contributed by atoms with Crippen LogP contribution in [0.5, 0.6) is 5.75 Å². The van der Waals surface area contributed by atoms with Crippen LogP contribution < -0.4 is 5.32 Å². The van der Waals surface area contributed by atoms with Gasteiger partial charge in [0.2, 0.25) is 0 Å². The Hall–Kier alpha value is -3.84. The number of methoxy groups -OCH3 is 1. The largest absolute Gasteiger partial charge is 0.507 e. The van der Waals surface area contributed by atoms with Crippen LogP contribution in [0.4, 0.5) is 10.5 Å². The molecular weight excluding hydrogens is 422 g/mol. The smallest absolute Gasteiger partial charge is 0.412 e. The number of benzene rings is 3. The van der Waals surface area contributed by atoms with Crippen LogP contribution >= 0.6 is 0 Å². The molecule has 0 spiro atoms. The van der Waals surface area contributed by atoms with E-state index in [0.29, 0.717) is 29.5 Å². The Bertz CT molecular complexity index is 1140. The van der Waals surface area contributed by atoms with Gasteiger partial charge in [0.25, 0.3) is 0 Å². The normalized spacial score (nSPS) is 13.0. The highest BCUT2D eigenvalue weighted by Crippen LogP contribution is 2.36. The molecule has 3 aromatic rings. The fourth-order valence-electron chi connectivity index (χ4n) is 3.63. The Balaban J connectivity index is 1.92. The van der Waals surface area contributed by atoms with E-state index in [1.165, 1.54) is 13.2 Å². The van der Waals surface area contributed by atoms with Crippen LogP contribution in [-0.2, 0) is 14.3 Å². The van der Waals surface area contributed by atoms with Crippen molar-refractivity contribution in [2.24, 2.45) is 0 Å². The van der Waals surface area contributed by atoms with Gasteiger partial charge in [-0.1, -0.05) is 54.1 Å². The van der Waals surface area contributed by atoms with E-state index in [1.54, 1.807) is 30.3 Å². The van der Waals surface area contributed by atoms with Gasteiger partial charge in [0.05, 0.1) is 6.10 Å². The van der Waals surface area contributed by atoms with E-state index in [2.05, 4.69) is 5.32 Å². The molecule has 0 radical (unpaired) electrons. The Labute approximate surface area is 192 Å². The van der Waals surface area contributed by atoms with Crippen LogP contribution in [0.15, 0.2) is 72.8 Å². The molecule has 7 nitrogen and oxygen atoms in total. The summed E-state index contributed by atoms with van der Waals surface area (Å²) >= 11 is 0. The molecule has 172 valence electrons. The highest BCUT2D eigenvalue weighted by atomic mass is 16.6. The van der Waals surface area contributed by atoms with E-state index >= 15 is 0 Å². The number of hydrogen-bond donors (Lipinski definition) is 3. The molecule has 0 bridgehead atoms. The van der Waals surface area contributed by atoms with E-state index in [-0.39, 0.29) is 5.75 Å². The number of rotatable bonds is 9. The molecule has 0 aliphatic rings. The van der Waals surface area contributed by atoms with Crippen molar-refractivity contribution in [3.63, 3.8) is 0 Å². The topological polar surface area (TPSA) is 105 Å². The Kier molecular flexibility index (Phi) is 8.05. The summed E-state index contributed by atoms with van der Waals surface area (Å²) in [5.74, 6) is -0.908. The highest BCUT2D eigenvalue weighted by Gasteiger charge is 2.29. The first-order valence-electron chi connectivity index (χ1n) is 10.6. The van der Waals surface area contributed by atoms with Crippen LogP contribution in [0.3, 0.4) is 0 Å². The monoisotopic (exact) mass is 449 g/mol. The van der Waals surface area contributed by atoms with Gasteiger partial charge in [0, 0.05) is 29.8 Å². The summed E-state index contributed by atoms with van der Waals surface area (Å²) in [4.78, 5) is 23.6. The number of aryl methyl sites for hydroxylation is 1. The van der Waals surface area contributed by atoms with Crippen molar-refractivity contribution in [2.75, 3.05) is 12.4 Å². The number of allylic oxidation sites excluding steroid dienone is 1. The lowest BCUT2D eigenvalue weighted by Gasteiger charge is -2.27. The van der Waals surface area contributed by atoms with Gasteiger partial charge in [-0.05, 0) is 43.4 Å². The third-order valence-electron chi connectivity index (χ3n) is 5.29. The van der Waals surface area contributed by atoms with Gasteiger partial charge in [0.1, 0.15) is 5.75 Å². The molecule has 2 atom stereocenters. The number of aromatic hydroxyl groups is 1. The minimum atomic E-state index is -1.03. The SMILES string of the molecule is CO[C@@H](CC/C=C/C(=O)O)[C@@H](OC(=O)Nc1ccc(C)cc1)c1ccc(O)c2ccccc12. The molecule has 3 N–H and O–H groups in total. The molecule has 0 unspecified atom stereocenters. The molecule has 0 saturated carbocycles. The van der Waals surface area contributed by atoms with Crippen molar-refractivity contribution in [2.45, 2.75) is 32.0 Å². The number of carboxylic acids is 1. The molecule has 3 aromatic carbocycles. The summed E-state index contributed by atoms with van der Waals surface area (Å²) < 4.78 is 11.5. The Morgan fingerprint density at radius 1 is 1.03 bits per heavy atom. The summed E-state index contributed by atoms with van der Waals surface area (Å²) in [5.41, 5.74) is 2.34. The van der Waals surface area contributed by atoms with Crippen molar-refractivity contribution in [1.29, 1.82) is 0 Å². The zero-order chi connectivity index (χ0) is 23.8. The van der Waals surface area contributed by atoms with Crippen LogP contribution in [0.1, 0.15) is 30.1 Å². The summed E-state index contributed by atoms with van der Waals surface area (Å²) in [6.45, 7) is 1.95. The highest BCUT2D eigenvalue weighted by molar-refractivity contribution is 5.91. The molecule has 0 heterocycles. The average Bonchev–Trinajstić information content (AvgIpc) is 2.80. The number of phenols is 1. The Morgan fingerprint density at radius 2 is 1.73 bits per heavy atom. The first kappa shape index (κ1) is 23.8. The van der Waals surface area contributed by atoms with Crippen molar-refractivity contribution in [1.82, 2.24) is 0 Å². The number of amides is 1. The predicted octanol–water partition coefficient (Wildman–Crippen LogP) is 5.58. The van der Waals surface area contributed by atoms with Crippen LogP contribution in [0.25, 0.3) is 10.8 Å². The third kappa shape index (κ3) is 6.33. The lowest BCUT2D eigenvalue weighted by molar-refractivity contribution is -0.131. The zero-order valence-electron chi connectivity index (χ0n) is 18.5. The summed E-state index contributed by atoms with van der Waals surface area (Å²) in [6, 6.07) is 17.9. The van der Waals surface area contributed by atoms with Crippen LogP contribution in [-0.4, -0.2) is 35.5 Å². The van der Waals surface area contributed by atoms with Gasteiger partial charge in [-0.15, -0.1) is 0 Å². The second kappa shape index (κ2) is 11.2. The van der Waals surface area contributed by atoms with E-state index in [4.69, 9.17) is 14.6 Å². The first-order valence-corrected chi connectivity index (χ1v) is 10.6. The number of carbonyl (C=O) groups excluding carboxylic acids is 1.